The third-order valence-corrected chi connectivity index (χ3v) is 3.15. The minimum absolute atomic E-state index is 0.645. The lowest BCUT2D eigenvalue weighted by Crippen LogP contribution is -2.03. The first-order valence-electron chi connectivity index (χ1n) is 14.6. The fraction of sp³-hybridized carbons (Fsp3) is 0.800. The van der Waals surface area contributed by atoms with E-state index < -0.39 is 0 Å². The molecular weight excluding hydrogens is 486 g/mol. The van der Waals surface area contributed by atoms with Crippen molar-refractivity contribution in [3.05, 3.63) is 37.0 Å². The maximum Gasteiger partial charge on any atom is 0.137 e. The molecule has 9 nitrogen and oxygen atoms in total. The van der Waals surface area contributed by atoms with Gasteiger partial charge in [-0.1, -0.05) is 104 Å². The molecule has 0 bridgehead atoms. The lowest BCUT2D eigenvalue weighted by Gasteiger charge is -2.01. The van der Waals surface area contributed by atoms with Gasteiger partial charge in [0, 0.05) is 19.4 Å². The Labute approximate surface area is 240 Å². The normalized spacial score (nSPS) is 10.1. The zero-order chi connectivity index (χ0) is 30.8. The Hall–Kier alpha value is -2.58. The van der Waals surface area contributed by atoms with Gasteiger partial charge in [-0.15, -0.1) is 0 Å². The van der Waals surface area contributed by atoms with Crippen molar-refractivity contribution in [3.8, 4) is 0 Å². The second kappa shape index (κ2) is 27.0. The van der Waals surface area contributed by atoms with Crippen molar-refractivity contribution in [2.45, 2.75) is 123 Å². The number of hydrogen-bond acceptors (Lipinski definition) is 6. The van der Waals surface area contributed by atoms with E-state index in [1.54, 1.807) is 12.7 Å². The van der Waals surface area contributed by atoms with Crippen molar-refractivity contribution in [2.75, 3.05) is 0 Å². The summed E-state index contributed by atoms with van der Waals surface area (Å²) in [5, 5.41) is 17.1. The maximum atomic E-state index is 3.99. The van der Waals surface area contributed by atoms with Crippen LogP contribution in [0.5, 0.6) is 0 Å². The van der Waals surface area contributed by atoms with Crippen LogP contribution >= 0.6 is 0 Å². The van der Waals surface area contributed by atoms with Crippen molar-refractivity contribution in [1.29, 1.82) is 0 Å². The van der Waals surface area contributed by atoms with Gasteiger partial charge in [0.05, 0.1) is 0 Å². The van der Waals surface area contributed by atoms with Crippen LogP contribution < -0.4 is 0 Å². The third kappa shape index (κ3) is 42.8. The second-order valence-corrected chi connectivity index (χ2v) is 12.8. The van der Waals surface area contributed by atoms with Crippen molar-refractivity contribution in [3.63, 3.8) is 0 Å². The molecule has 0 aromatic carbocycles. The van der Waals surface area contributed by atoms with Crippen LogP contribution in [0.3, 0.4) is 0 Å². The molecule has 9 heteroatoms. The molecule has 3 rings (SSSR count). The van der Waals surface area contributed by atoms with Crippen molar-refractivity contribution >= 4 is 0 Å². The quantitative estimate of drug-likeness (QED) is 0.323. The Balaban J connectivity index is -0.000000417. The fourth-order valence-electron chi connectivity index (χ4n) is 2.13. The van der Waals surface area contributed by atoms with Crippen LogP contribution in [-0.4, -0.2) is 45.1 Å². The molecule has 228 valence electrons. The van der Waals surface area contributed by atoms with Crippen LogP contribution in [0.25, 0.3) is 0 Å². The van der Waals surface area contributed by atoms with E-state index in [-0.39, 0.29) is 0 Å². The summed E-state index contributed by atoms with van der Waals surface area (Å²) in [4.78, 5) is 11.8. The summed E-state index contributed by atoms with van der Waals surface area (Å²) < 4.78 is 1.84. The van der Waals surface area contributed by atoms with Gasteiger partial charge < -0.3 is 0 Å². The number of hydrogen-bond donors (Lipinski definition) is 2. The van der Waals surface area contributed by atoms with E-state index in [9.17, 15) is 0 Å². The Morgan fingerprint density at radius 3 is 1.13 bits per heavy atom. The summed E-state index contributed by atoms with van der Waals surface area (Å²) in [6.07, 6.45) is 8.35. The smallest absolute Gasteiger partial charge is 0.137 e. The van der Waals surface area contributed by atoms with Gasteiger partial charge >= 0.3 is 0 Å². The Morgan fingerprint density at radius 2 is 0.923 bits per heavy atom. The average Bonchev–Trinajstić information content (AvgIpc) is 3.51. The molecule has 3 aromatic rings. The number of H-pyrrole nitrogens is 2. The first-order chi connectivity index (χ1) is 18.1. The first kappa shape index (κ1) is 40.9. The highest BCUT2D eigenvalue weighted by atomic mass is 15.3. The summed E-state index contributed by atoms with van der Waals surface area (Å²) in [5.41, 5.74) is 0. The van der Waals surface area contributed by atoms with Crippen LogP contribution in [-0.2, 0) is 19.4 Å². The van der Waals surface area contributed by atoms with Crippen LogP contribution in [0.4, 0.5) is 0 Å². The van der Waals surface area contributed by atoms with Crippen molar-refractivity contribution in [1.82, 2.24) is 45.1 Å². The summed E-state index contributed by atoms with van der Waals surface area (Å²) in [6, 6.07) is 0. The van der Waals surface area contributed by atoms with E-state index in [0.29, 0.717) is 17.8 Å². The van der Waals surface area contributed by atoms with Crippen LogP contribution in [0.15, 0.2) is 25.3 Å². The summed E-state index contributed by atoms with van der Waals surface area (Å²) in [7, 11) is 0. The predicted molar refractivity (Wildman–Crippen MR) is 166 cm³/mol. The summed E-state index contributed by atoms with van der Waals surface area (Å²) in [5.74, 6) is 6.40. The van der Waals surface area contributed by atoms with E-state index >= 15 is 0 Å². The molecule has 3 heterocycles. The zero-order valence-electron chi connectivity index (χ0n) is 28.0. The van der Waals surface area contributed by atoms with E-state index in [0.717, 1.165) is 48.8 Å². The molecule has 0 radical (unpaired) electrons. The van der Waals surface area contributed by atoms with Gasteiger partial charge in [-0.05, 0) is 35.5 Å². The molecule has 0 aliphatic heterocycles. The lowest BCUT2D eigenvalue weighted by atomic mass is 10.1. The molecule has 0 aliphatic rings. The molecule has 0 saturated carbocycles. The summed E-state index contributed by atoms with van der Waals surface area (Å²) in [6.45, 7) is 33.4. The average molecular weight is 550 g/mol. The van der Waals surface area contributed by atoms with Gasteiger partial charge in [-0.2, -0.15) is 15.3 Å². The van der Waals surface area contributed by atoms with Gasteiger partial charge in [-0.3, -0.25) is 14.9 Å². The monoisotopic (exact) mass is 550 g/mol. The Kier molecular flexibility index (Phi) is 28.3. The number of aromatic nitrogens is 9. The third-order valence-electron chi connectivity index (χ3n) is 3.15. The molecule has 0 saturated heterocycles. The van der Waals surface area contributed by atoms with E-state index in [1.807, 2.05) is 4.68 Å². The number of aromatic amines is 2. The topological polar surface area (TPSA) is 114 Å². The van der Waals surface area contributed by atoms with E-state index in [4.69, 9.17) is 0 Å². The maximum absolute atomic E-state index is 3.99. The zero-order valence-corrected chi connectivity index (χ0v) is 28.0. The van der Waals surface area contributed by atoms with Crippen LogP contribution in [0, 0.1) is 35.5 Å². The molecule has 2 N–H and O–H groups in total. The molecule has 0 fully saturated rings. The first-order valence-corrected chi connectivity index (χ1v) is 14.6. The number of nitrogens with one attached hydrogen (secondary N) is 2. The molecule has 0 aliphatic carbocycles. The number of nitrogens with zero attached hydrogens (tertiary/aromatic N) is 7. The number of rotatable bonds is 6. The van der Waals surface area contributed by atoms with Gasteiger partial charge in [0.1, 0.15) is 37.0 Å². The highest BCUT2D eigenvalue weighted by Crippen LogP contribution is 2.00. The molecular formula is C30H63N9. The molecule has 0 amide bonds. The molecule has 0 atom stereocenters. The van der Waals surface area contributed by atoms with Crippen LogP contribution in [0.2, 0.25) is 0 Å². The van der Waals surface area contributed by atoms with E-state index in [2.05, 4.69) is 144 Å². The van der Waals surface area contributed by atoms with Gasteiger partial charge in [0.2, 0.25) is 0 Å². The Bertz CT molecular complexity index is 672. The standard InChI is InChI=1S/3C6H11N3.3C4H10/c1-6(2)3-9-5-7-4-8-9;2*1-5(2)3-6-7-4-8-9-6;3*1-4(2)3/h4-6H,3H2,1-2H3;2*4-5H,3H2,1-2H3,(H,7,8,9);3*4H,1-3H3. The minimum Gasteiger partial charge on any atom is -0.263 e. The van der Waals surface area contributed by atoms with Gasteiger partial charge in [0.15, 0.2) is 0 Å². The highest BCUT2D eigenvalue weighted by Gasteiger charge is 1.98. The molecule has 0 spiro atoms. The Morgan fingerprint density at radius 1 is 0.564 bits per heavy atom. The minimum atomic E-state index is 0.645. The van der Waals surface area contributed by atoms with Crippen molar-refractivity contribution in [2.24, 2.45) is 35.5 Å². The summed E-state index contributed by atoms with van der Waals surface area (Å²) >= 11 is 0. The van der Waals surface area contributed by atoms with Gasteiger partial charge in [-0.25, -0.2) is 15.0 Å². The fourth-order valence-corrected chi connectivity index (χ4v) is 2.13. The van der Waals surface area contributed by atoms with Gasteiger partial charge in [0.25, 0.3) is 0 Å². The van der Waals surface area contributed by atoms with Crippen LogP contribution in [0.1, 0.15) is 116 Å². The SMILES string of the molecule is CC(C)C.CC(C)C.CC(C)C.CC(C)Cc1ncn[nH]1.CC(C)Cc1ncn[nH]1.CC(C)Cn1cncn1. The highest BCUT2D eigenvalue weighted by molar-refractivity contribution is 4.81. The molecule has 3 aromatic heterocycles. The lowest BCUT2D eigenvalue weighted by molar-refractivity contribution is 0.482. The predicted octanol–water partition coefficient (Wildman–Crippen LogP) is 7.93. The largest absolute Gasteiger partial charge is 0.263 e. The van der Waals surface area contributed by atoms with E-state index in [1.165, 1.54) is 12.7 Å². The van der Waals surface area contributed by atoms with Crippen molar-refractivity contribution < 1.29 is 0 Å². The second-order valence-electron chi connectivity index (χ2n) is 12.8. The molecule has 39 heavy (non-hydrogen) atoms. The molecule has 0 unspecified atom stereocenters.